The maximum atomic E-state index is 12.1. The predicted molar refractivity (Wildman–Crippen MR) is 71.3 cm³/mol. The maximum absolute atomic E-state index is 12.1. The van der Waals surface area contributed by atoms with Crippen molar-refractivity contribution in [2.45, 2.75) is 25.0 Å². The van der Waals surface area contributed by atoms with Crippen molar-refractivity contribution in [2.24, 2.45) is 11.7 Å². The van der Waals surface area contributed by atoms with E-state index in [0.29, 0.717) is 25.7 Å². The molecule has 0 saturated carbocycles. The number of rotatable bonds is 5. The quantitative estimate of drug-likeness (QED) is 0.736. The van der Waals surface area contributed by atoms with Gasteiger partial charge in [-0.25, -0.2) is 12.7 Å². The van der Waals surface area contributed by atoms with E-state index in [4.69, 9.17) is 22.7 Å². The summed E-state index contributed by atoms with van der Waals surface area (Å²) in [5.41, 5.74) is 5.40. The van der Waals surface area contributed by atoms with E-state index >= 15 is 0 Å². The van der Waals surface area contributed by atoms with Crippen LogP contribution in [-0.4, -0.2) is 49.8 Å². The van der Waals surface area contributed by atoms with Gasteiger partial charge in [0.25, 0.3) is 0 Å². The Morgan fingerprint density at radius 1 is 1.53 bits per heavy atom. The van der Waals surface area contributed by atoms with Crippen molar-refractivity contribution < 1.29 is 13.2 Å². The monoisotopic (exact) mass is 280 g/mol. The van der Waals surface area contributed by atoms with Crippen molar-refractivity contribution in [2.75, 3.05) is 26.8 Å². The van der Waals surface area contributed by atoms with Crippen molar-refractivity contribution in [3.8, 4) is 0 Å². The molecular formula is C10H20N2O3S2. The summed E-state index contributed by atoms with van der Waals surface area (Å²) in [5, 5.41) is -0.803. The summed E-state index contributed by atoms with van der Waals surface area (Å²) >= 11 is 4.74. The molecule has 1 fully saturated rings. The molecule has 2 N–H and O–H groups in total. The normalized spacial score (nSPS) is 20.4. The summed E-state index contributed by atoms with van der Waals surface area (Å²) in [6.45, 7) is 3.46. The number of nitrogens with two attached hydrogens (primary N) is 1. The average molecular weight is 280 g/mol. The number of sulfonamides is 1. The second-order valence-corrected chi connectivity index (χ2v) is 7.26. The lowest BCUT2D eigenvalue weighted by molar-refractivity contribution is 0.0620. The predicted octanol–water partition coefficient (Wildman–Crippen LogP) is 0.349. The second-order valence-electron chi connectivity index (χ2n) is 4.43. The van der Waals surface area contributed by atoms with Crippen LogP contribution in [0.1, 0.15) is 19.8 Å². The minimum Gasteiger partial charge on any atom is -0.392 e. The van der Waals surface area contributed by atoms with E-state index in [1.54, 1.807) is 7.05 Å². The van der Waals surface area contributed by atoms with E-state index < -0.39 is 15.3 Å². The Balaban J connectivity index is 2.62. The fourth-order valence-electron chi connectivity index (χ4n) is 1.81. The van der Waals surface area contributed by atoms with Crippen LogP contribution in [0.2, 0.25) is 0 Å². The van der Waals surface area contributed by atoms with Crippen LogP contribution in [0.15, 0.2) is 0 Å². The van der Waals surface area contributed by atoms with Crippen molar-refractivity contribution >= 4 is 27.2 Å². The third-order valence-corrected chi connectivity index (χ3v) is 5.81. The molecule has 0 aliphatic carbocycles. The van der Waals surface area contributed by atoms with Gasteiger partial charge >= 0.3 is 0 Å². The Labute approximate surface area is 108 Å². The van der Waals surface area contributed by atoms with Gasteiger partial charge < -0.3 is 10.5 Å². The highest BCUT2D eigenvalue weighted by Gasteiger charge is 2.29. The van der Waals surface area contributed by atoms with E-state index in [9.17, 15) is 8.42 Å². The zero-order valence-corrected chi connectivity index (χ0v) is 11.9. The van der Waals surface area contributed by atoms with Gasteiger partial charge in [-0.2, -0.15) is 0 Å². The minimum atomic E-state index is -3.41. The van der Waals surface area contributed by atoms with Gasteiger partial charge in [0.15, 0.2) is 0 Å². The minimum absolute atomic E-state index is 0.0174. The highest BCUT2D eigenvalue weighted by Crippen LogP contribution is 2.18. The van der Waals surface area contributed by atoms with Gasteiger partial charge in [-0.3, -0.25) is 0 Å². The van der Waals surface area contributed by atoms with Crippen molar-refractivity contribution in [1.29, 1.82) is 0 Å². The molecule has 0 aromatic carbocycles. The molecule has 5 nitrogen and oxygen atoms in total. The van der Waals surface area contributed by atoms with Gasteiger partial charge in [0, 0.05) is 26.8 Å². The van der Waals surface area contributed by atoms with Crippen molar-refractivity contribution in [3.05, 3.63) is 0 Å². The summed E-state index contributed by atoms with van der Waals surface area (Å²) < 4.78 is 30.8. The molecule has 0 amide bonds. The molecule has 1 atom stereocenters. The molecule has 1 aliphatic heterocycles. The topological polar surface area (TPSA) is 72.6 Å². The highest BCUT2D eigenvalue weighted by molar-refractivity contribution is 7.92. The van der Waals surface area contributed by atoms with Crippen molar-refractivity contribution in [1.82, 2.24) is 4.31 Å². The Hall–Kier alpha value is -0.240. The fraction of sp³-hybridized carbons (Fsp3) is 0.900. The van der Waals surface area contributed by atoms with E-state index in [0.717, 1.165) is 12.8 Å². The smallest absolute Gasteiger partial charge is 0.222 e. The van der Waals surface area contributed by atoms with E-state index in [2.05, 4.69) is 0 Å². The van der Waals surface area contributed by atoms with Gasteiger partial charge in [0.1, 0.15) is 5.25 Å². The van der Waals surface area contributed by atoms with E-state index in [-0.39, 0.29) is 4.99 Å². The third kappa shape index (κ3) is 3.87. The molecule has 0 bridgehead atoms. The van der Waals surface area contributed by atoms with Crippen LogP contribution < -0.4 is 5.73 Å². The SMILES string of the molecule is CC(C(N)=S)S(=O)(=O)N(C)CC1CCOCC1. The fourth-order valence-corrected chi connectivity index (χ4v) is 3.43. The molecule has 1 rings (SSSR count). The highest BCUT2D eigenvalue weighted by atomic mass is 32.2. The Morgan fingerprint density at radius 3 is 2.53 bits per heavy atom. The summed E-state index contributed by atoms with van der Waals surface area (Å²) in [4.78, 5) is 0.0174. The lowest BCUT2D eigenvalue weighted by atomic mass is 10.0. The molecule has 1 saturated heterocycles. The molecule has 1 heterocycles. The number of hydrogen-bond acceptors (Lipinski definition) is 4. The Bertz CT molecular complexity index is 364. The molecular weight excluding hydrogens is 260 g/mol. The number of hydrogen-bond donors (Lipinski definition) is 1. The zero-order valence-electron chi connectivity index (χ0n) is 10.3. The first-order valence-corrected chi connectivity index (χ1v) is 7.59. The van der Waals surface area contributed by atoms with E-state index in [1.165, 1.54) is 11.2 Å². The number of nitrogens with zero attached hydrogens (tertiary/aromatic N) is 1. The summed E-state index contributed by atoms with van der Waals surface area (Å²) in [7, 11) is -1.83. The van der Waals surface area contributed by atoms with E-state index in [1.807, 2.05) is 0 Å². The first-order valence-electron chi connectivity index (χ1n) is 5.68. The molecule has 0 aromatic heterocycles. The zero-order chi connectivity index (χ0) is 13.1. The van der Waals surface area contributed by atoms with Crippen LogP contribution in [0.3, 0.4) is 0 Å². The Morgan fingerprint density at radius 2 is 2.06 bits per heavy atom. The number of thiocarbonyl (C=S) groups is 1. The van der Waals surface area contributed by atoms with Gasteiger partial charge in [-0.15, -0.1) is 0 Å². The van der Waals surface area contributed by atoms with Crippen LogP contribution in [0.5, 0.6) is 0 Å². The van der Waals surface area contributed by atoms with Crippen molar-refractivity contribution in [3.63, 3.8) is 0 Å². The van der Waals surface area contributed by atoms with Gasteiger partial charge in [0.2, 0.25) is 10.0 Å². The summed E-state index contributed by atoms with van der Waals surface area (Å²) in [5.74, 6) is 0.363. The van der Waals surface area contributed by atoms with Crippen LogP contribution >= 0.6 is 12.2 Å². The standard InChI is InChI=1S/C10H20N2O3S2/c1-8(10(11)16)17(13,14)12(2)7-9-3-5-15-6-4-9/h8-9H,3-7H2,1-2H3,(H2,11,16). The van der Waals surface area contributed by atoms with Crippen LogP contribution in [0, 0.1) is 5.92 Å². The molecule has 7 heteroatoms. The lowest BCUT2D eigenvalue weighted by Gasteiger charge is -2.28. The molecule has 0 radical (unpaired) electrons. The average Bonchev–Trinajstić information content (AvgIpc) is 2.29. The third-order valence-electron chi connectivity index (χ3n) is 3.14. The van der Waals surface area contributed by atoms with Gasteiger partial charge in [-0.1, -0.05) is 12.2 Å². The molecule has 0 aromatic rings. The molecule has 1 aliphatic rings. The molecule has 0 spiro atoms. The van der Waals surface area contributed by atoms with Crippen LogP contribution in [0.25, 0.3) is 0 Å². The summed E-state index contributed by atoms with van der Waals surface area (Å²) in [6, 6.07) is 0. The lowest BCUT2D eigenvalue weighted by Crippen LogP contribution is -2.43. The van der Waals surface area contributed by atoms with Gasteiger partial charge in [-0.05, 0) is 25.7 Å². The Kier molecular flexibility index (Phi) is 5.30. The molecule has 17 heavy (non-hydrogen) atoms. The largest absolute Gasteiger partial charge is 0.392 e. The molecule has 100 valence electrons. The number of ether oxygens (including phenoxy) is 1. The van der Waals surface area contributed by atoms with Crippen LogP contribution in [0.4, 0.5) is 0 Å². The van der Waals surface area contributed by atoms with Gasteiger partial charge in [0.05, 0.1) is 4.99 Å². The van der Waals surface area contributed by atoms with Crippen LogP contribution in [-0.2, 0) is 14.8 Å². The molecule has 1 unspecified atom stereocenters. The first kappa shape index (κ1) is 14.8. The second kappa shape index (κ2) is 6.08. The summed E-state index contributed by atoms with van der Waals surface area (Å²) in [6.07, 6.45) is 1.81. The maximum Gasteiger partial charge on any atom is 0.222 e. The first-order chi connectivity index (χ1) is 7.85.